The monoisotopic (exact) mass is 152 g/mol. The second-order valence-corrected chi connectivity index (χ2v) is 1.97. The lowest BCUT2D eigenvalue weighted by molar-refractivity contribution is 0.0918. The number of rotatable bonds is 1. The topological polar surface area (TPSA) is 60.7 Å². The first-order chi connectivity index (χ1) is 5.25. The molecule has 1 rings (SSSR count). The lowest BCUT2D eigenvalue weighted by Gasteiger charge is -1.91. The number of carbonyl (C=O) groups is 1. The molecule has 5 heteroatoms. The van der Waals surface area contributed by atoms with Crippen LogP contribution in [0, 0.1) is 0 Å². The molecule has 0 aliphatic rings. The number of tetrazole rings is 1. The average Bonchev–Trinajstić information content (AvgIpc) is 2.36. The van der Waals surface area contributed by atoms with E-state index in [4.69, 9.17) is 0 Å². The molecule has 5 nitrogen and oxygen atoms in total. The molecule has 0 atom stereocenters. The van der Waals surface area contributed by atoms with Crippen molar-refractivity contribution in [3.8, 4) is 0 Å². The van der Waals surface area contributed by atoms with Gasteiger partial charge in [-0.25, -0.2) is 0 Å². The summed E-state index contributed by atoms with van der Waals surface area (Å²) in [4.78, 5) is 10.8. The number of aromatic nitrogens is 4. The lowest BCUT2D eigenvalue weighted by Crippen LogP contribution is -2.09. The number of allylic oxidation sites excluding steroid dienone is 1. The number of hydrogen-bond donors (Lipinski definition) is 0. The molecule has 1 aromatic rings. The maximum atomic E-state index is 10.8. The predicted octanol–water partition coefficient (Wildman–Crippen LogP) is 0.366. The Labute approximate surface area is 63.7 Å². The van der Waals surface area contributed by atoms with E-state index in [0.717, 1.165) is 4.68 Å². The van der Waals surface area contributed by atoms with Gasteiger partial charge in [0, 0.05) is 6.92 Å². The van der Waals surface area contributed by atoms with E-state index in [1.807, 2.05) is 6.92 Å². The summed E-state index contributed by atoms with van der Waals surface area (Å²) in [5, 5.41) is 10.5. The van der Waals surface area contributed by atoms with Crippen LogP contribution in [-0.2, 0) is 0 Å². The van der Waals surface area contributed by atoms with E-state index in [1.54, 1.807) is 12.2 Å². The molecule has 0 spiro atoms. The molecular formula is C6H8N4O. The number of nitrogens with zero attached hydrogens (tertiary/aromatic N) is 4. The first-order valence-corrected chi connectivity index (χ1v) is 3.17. The highest BCUT2D eigenvalue weighted by Gasteiger charge is 2.04. The van der Waals surface area contributed by atoms with Gasteiger partial charge < -0.3 is 0 Å². The standard InChI is InChI=1S/C6H8N4O/c1-3-4-6-7-8-9-10(6)5(2)11/h3-4H,1-2H3/b4-3+. The van der Waals surface area contributed by atoms with Crippen LogP contribution in [0.4, 0.5) is 0 Å². The van der Waals surface area contributed by atoms with Crippen molar-refractivity contribution in [2.45, 2.75) is 13.8 Å². The van der Waals surface area contributed by atoms with Crippen LogP contribution in [-0.4, -0.2) is 26.1 Å². The largest absolute Gasteiger partial charge is 0.273 e. The molecule has 0 aliphatic heterocycles. The molecule has 0 aromatic carbocycles. The smallest absolute Gasteiger partial charge is 0.247 e. The minimum atomic E-state index is -0.192. The number of carbonyl (C=O) groups excluding carboxylic acids is 1. The van der Waals surface area contributed by atoms with Crippen LogP contribution in [0.15, 0.2) is 6.08 Å². The Bertz CT molecular complexity index is 289. The van der Waals surface area contributed by atoms with Gasteiger partial charge in [0.15, 0.2) is 5.82 Å². The molecule has 0 bridgehead atoms. The van der Waals surface area contributed by atoms with Gasteiger partial charge in [0.05, 0.1) is 0 Å². The van der Waals surface area contributed by atoms with Gasteiger partial charge in [0.1, 0.15) is 0 Å². The quantitative estimate of drug-likeness (QED) is 0.545. The highest BCUT2D eigenvalue weighted by molar-refractivity contribution is 5.76. The summed E-state index contributed by atoms with van der Waals surface area (Å²) in [6.45, 7) is 3.24. The zero-order valence-electron chi connectivity index (χ0n) is 6.35. The first-order valence-electron chi connectivity index (χ1n) is 3.17. The molecule has 1 heterocycles. The third-order valence-corrected chi connectivity index (χ3v) is 1.11. The van der Waals surface area contributed by atoms with Gasteiger partial charge in [-0.2, -0.15) is 4.68 Å². The first kappa shape index (κ1) is 7.59. The summed E-state index contributed by atoms with van der Waals surface area (Å²) in [5.41, 5.74) is 0. The second kappa shape index (κ2) is 3.05. The van der Waals surface area contributed by atoms with Crippen molar-refractivity contribution in [1.29, 1.82) is 0 Å². The average molecular weight is 152 g/mol. The molecule has 0 radical (unpaired) electrons. The van der Waals surface area contributed by atoms with Crippen LogP contribution in [0.5, 0.6) is 0 Å². The molecule has 0 unspecified atom stereocenters. The van der Waals surface area contributed by atoms with E-state index in [2.05, 4.69) is 15.5 Å². The van der Waals surface area contributed by atoms with Gasteiger partial charge in [-0.3, -0.25) is 4.79 Å². The van der Waals surface area contributed by atoms with E-state index in [1.165, 1.54) is 6.92 Å². The maximum Gasteiger partial charge on any atom is 0.247 e. The zero-order chi connectivity index (χ0) is 8.27. The summed E-state index contributed by atoms with van der Waals surface area (Å²) in [6.07, 6.45) is 3.44. The Kier molecular flexibility index (Phi) is 2.10. The second-order valence-electron chi connectivity index (χ2n) is 1.97. The van der Waals surface area contributed by atoms with E-state index in [0.29, 0.717) is 5.82 Å². The van der Waals surface area contributed by atoms with Crippen molar-refractivity contribution in [2.75, 3.05) is 0 Å². The summed E-state index contributed by atoms with van der Waals surface area (Å²) in [6, 6.07) is 0. The summed E-state index contributed by atoms with van der Waals surface area (Å²) >= 11 is 0. The van der Waals surface area contributed by atoms with Gasteiger partial charge in [0.25, 0.3) is 0 Å². The van der Waals surface area contributed by atoms with Crippen molar-refractivity contribution < 1.29 is 4.79 Å². The molecule has 0 aliphatic carbocycles. The highest BCUT2D eigenvalue weighted by Crippen LogP contribution is 1.93. The minimum absolute atomic E-state index is 0.192. The summed E-state index contributed by atoms with van der Waals surface area (Å²) in [5.74, 6) is 0.267. The van der Waals surface area contributed by atoms with E-state index in [-0.39, 0.29) is 5.91 Å². The SMILES string of the molecule is C/C=C/c1nnnn1C(C)=O. The lowest BCUT2D eigenvalue weighted by atomic mass is 10.5. The normalized spacial score (nSPS) is 10.7. The van der Waals surface area contributed by atoms with E-state index in [9.17, 15) is 4.79 Å². The van der Waals surface area contributed by atoms with Gasteiger partial charge in [-0.15, -0.1) is 5.10 Å². The van der Waals surface area contributed by atoms with Crippen LogP contribution in [0.25, 0.3) is 6.08 Å². The van der Waals surface area contributed by atoms with Crippen molar-refractivity contribution in [2.24, 2.45) is 0 Å². The summed E-state index contributed by atoms with van der Waals surface area (Å²) in [7, 11) is 0. The Balaban J connectivity index is 3.05. The van der Waals surface area contributed by atoms with Crippen LogP contribution >= 0.6 is 0 Å². The molecule has 58 valence electrons. The molecule has 0 saturated heterocycles. The molecule has 0 amide bonds. The van der Waals surface area contributed by atoms with Crippen LogP contribution in [0.1, 0.15) is 24.5 Å². The van der Waals surface area contributed by atoms with Crippen LogP contribution in [0.3, 0.4) is 0 Å². The molecule has 1 aromatic heterocycles. The van der Waals surface area contributed by atoms with E-state index >= 15 is 0 Å². The fraction of sp³-hybridized carbons (Fsp3) is 0.333. The maximum absolute atomic E-state index is 10.8. The fourth-order valence-electron chi connectivity index (χ4n) is 0.671. The highest BCUT2D eigenvalue weighted by atomic mass is 16.2. The van der Waals surface area contributed by atoms with Crippen molar-refractivity contribution in [1.82, 2.24) is 20.2 Å². The van der Waals surface area contributed by atoms with Crippen LogP contribution < -0.4 is 0 Å². The molecular weight excluding hydrogens is 144 g/mol. The molecule has 11 heavy (non-hydrogen) atoms. The Hall–Kier alpha value is -1.52. The van der Waals surface area contributed by atoms with Crippen molar-refractivity contribution >= 4 is 12.0 Å². The third kappa shape index (κ3) is 1.49. The summed E-state index contributed by atoms with van der Waals surface area (Å²) < 4.78 is 1.14. The van der Waals surface area contributed by atoms with Crippen molar-refractivity contribution in [3.63, 3.8) is 0 Å². The number of hydrogen-bond acceptors (Lipinski definition) is 4. The third-order valence-electron chi connectivity index (χ3n) is 1.11. The molecule has 0 N–H and O–H groups in total. The van der Waals surface area contributed by atoms with E-state index < -0.39 is 0 Å². The Morgan fingerprint density at radius 1 is 1.64 bits per heavy atom. The minimum Gasteiger partial charge on any atom is -0.273 e. The predicted molar refractivity (Wildman–Crippen MR) is 38.8 cm³/mol. The van der Waals surface area contributed by atoms with Gasteiger partial charge in [-0.1, -0.05) is 6.08 Å². The van der Waals surface area contributed by atoms with Crippen molar-refractivity contribution in [3.05, 3.63) is 11.9 Å². The van der Waals surface area contributed by atoms with Gasteiger partial charge in [-0.05, 0) is 23.4 Å². The van der Waals surface area contributed by atoms with Gasteiger partial charge >= 0.3 is 0 Å². The Morgan fingerprint density at radius 2 is 2.36 bits per heavy atom. The zero-order valence-corrected chi connectivity index (χ0v) is 6.35. The molecule has 0 fully saturated rings. The Morgan fingerprint density at radius 3 is 2.91 bits per heavy atom. The fourth-order valence-corrected chi connectivity index (χ4v) is 0.671. The van der Waals surface area contributed by atoms with Gasteiger partial charge in [0.2, 0.25) is 5.91 Å². The van der Waals surface area contributed by atoms with Crippen LogP contribution in [0.2, 0.25) is 0 Å². The molecule has 0 saturated carbocycles.